The first-order valence-electron chi connectivity index (χ1n) is 8.78. The highest BCUT2D eigenvalue weighted by Gasteiger charge is 2.25. The first-order valence-corrected chi connectivity index (χ1v) is 8.78. The van der Waals surface area contributed by atoms with Crippen molar-refractivity contribution in [3.05, 3.63) is 47.4 Å². The number of nitrogens with zero attached hydrogens (tertiary/aromatic N) is 2. The molecule has 0 fully saturated rings. The SMILES string of the molecule is CCOC(=O)CCC1C=CC2=C(C1)N=CC1=CCCc3ccn2c31. The van der Waals surface area contributed by atoms with E-state index in [4.69, 9.17) is 9.73 Å². The minimum Gasteiger partial charge on any atom is -0.466 e. The number of allylic oxidation sites excluding steroid dienone is 6. The third-order valence-electron chi connectivity index (χ3n) is 4.94. The summed E-state index contributed by atoms with van der Waals surface area (Å²) >= 11 is 0. The Morgan fingerprint density at radius 2 is 2.38 bits per heavy atom. The second-order valence-corrected chi connectivity index (χ2v) is 6.51. The zero-order valence-electron chi connectivity index (χ0n) is 14.0. The smallest absolute Gasteiger partial charge is 0.305 e. The molecule has 0 saturated carbocycles. The molecule has 1 atom stereocenters. The summed E-state index contributed by atoms with van der Waals surface area (Å²) in [4.78, 5) is 16.4. The predicted molar refractivity (Wildman–Crippen MR) is 95.6 cm³/mol. The summed E-state index contributed by atoms with van der Waals surface area (Å²) in [5, 5.41) is 0. The largest absolute Gasteiger partial charge is 0.466 e. The van der Waals surface area contributed by atoms with E-state index >= 15 is 0 Å². The predicted octanol–water partition coefficient (Wildman–Crippen LogP) is 3.99. The average Bonchev–Trinajstić information content (AvgIpc) is 2.95. The summed E-state index contributed by atoms with van der Waals surface area (Å²) in [6.45, 7) is 2.29. The number of hydrogen-bond acceptors (Lipinski definition) is 3. The van der Waals surface area contributed by atoms with E-state index in [1.54, 1.807) is 0 Å². The lowest BCUT2D eigenvalue weighted by atomic mass is 9.92. The van der Waals surface area contributed by atoms with Gasteiger partial charge in [-0.1, -0.05) is 12.2 Å². The van der Waals surface area contributed by atoms with Crippen molar-refractivity contribution in [3.63, 3.8) is 0 Å². The number of aromatic nitrogens is 1. The molecule has 1 aliphatic heterocycles. The van der Waals surface area contributed by atoms with Crippen molar-refractivity contribution >= 4 is 23.5 Å². The zero-order chi connectivity index (χ0) is 16.5. The van der Waals surface area contributed by atoms with Crippen LogP contribution in [0.25, 0.3) is 11.3 Å². The van der Waals surface area contributed by atoms with Gasteiger partial charge in [-0.3, -0.25) is 9.79 Å². The van der Waals surface area contributed by atoms with Gasteiger partial charge in [-0.25, -0.2) is 0 Å². The van der Waals surface area contributed by atoms with E-state index in [1.165, 1.54) is 22.5 Å². The molecule has 0 amide bonds. The van der Waals surface area contributed by atoms with E-state index in [9.17, 15) is 4.79 Å². The fourth-order valence-electron chi connectivity index (χ4n) is 3.76. The van der Waals surface area contributed by atoms with Gasteiger partial charge in [0.05, 0.1) is 23.7 Å². The third-order valence-corrected chi connectivity index (χ3v) is 4.94. The number of aryl methyl sites for hydroxylation is 1. The Bertz CT molecular complexity index is 793. The number of esters is 1. The Hall–Kier alpha value is -2.36. The molecule has 1 aromatic rings. The molecule has 4 heteroatoms. The van der Waals surface area contributed by atoms with Crippen molar-refractivity contribution in [2.24, 2.45) is 10.9 Å². The quantitative estimate of drug-likeness (QED) is 0.787. The van der Waals surface area contributed by atoms with Gasteiger partial charge in [0.15, 0.2) is 0 Å². The van der Waals surface area contributed by atoms with E-state index in [-0.39, 0.29) is 5.97 Å². The van der Waals surface area contributed by atoms with Crippen LogP contribution in [0.1, 0.15) is 43.9 Å². The minimum absolute atomic E-state index is 0.108. The van der Waals surface area contributed by atoms with Crippen LogP contribution in [-0.2, 0) is 16.0 Å². The van der Waals surface area contributed by atoms with Gasteiger partial charge >= 0.3 is 5.97 Å². The molecular weight excluding hydrogens is 300 g/mol. The highest BCUT2D eigenvalue weighted by molar-refractivity contribution is 6.12. The number of carbonyl (C=O) groups is 1. The van der Waals surface area contributed by atoms with Gasteiger partial charge in [0.25, 0.3) is 0 Å². The molecule has 2 heterocycles. The van der Waals surface area contributed by atoms with E-state index in [2.05, 4.69) is 35.1 Å². The van der Waals surface area contributed by atoms with Crippen LogP contribution in [0, 0.1) is 5.92 Å². The fraction of sp³-hybridized carbons (Fsp3) is 0.400. The molecule has 0 bridgehead atoms. The molecule has 4 nitrogen and oxygen atoms in total. The van der Waals surface area contributed by atoms with Crippen molar-refractivity contribution < 1.29 is 9.53 Å². The van der Waals surface area contributed by atoms with Gasteiger partial charge < -0.3 is 9.30 Å². The van der Waals surface area contributed by atoms with Gasteiger partial charge in [0.1, 0.15) is 0 Å². The maximum atomic E-state index is 11.6. The van der Waals surface area contributed by atoms with E-state index in [0.29, 0.717) is 18.9 Å². The Balaban J connectivity index is 1.56. The molecule has 1 unspecified atom stereocenters. The third kappa shape index (κ3) is 2.66. The summed E-state index contributed by atoms with van der Waals surface area (Å²) < 4.78 is 7.31. The average molecular weight is 322 g/mol. The normalized spacial score (nSPS) is 21.0. The molecule has 0 aromatic carbocycles. The van der Waals surface area contributed by atoms with E-state index in [1.807, 2.05) is 13.1 Å². The van der Waals surface area contributed by atoms with Crippen molar-refractivity contribution in [1.29, 1.82) is 0 Å². The Morgan fingerprint density at radius 3 is 3.25 bits per heavy atom. The van der Waals surface area contributed by atoms with Crippen LogP contribution in [0.2, 0.25) is 0 Å². The minimum atomic E-state index is -0.108. The van der Waals surface area contributed by atoms with Gasteiger partial charge in [-0.05, 0) is 56.2 Å². The number of carbonyl (C=O) groups excluding carboxylic acids is 1. The number of aliphatic imine (C=N–C) groups is 1. The number of hydrogen-bond donors (Lipinski definition) is 0. The van der Waals surface area contributed by atoms with Crippen LogP contribution in [-0.4, -0.2) is 23.4 Å². The topological polar surface area (TPSA) is 43.6 Å². The summed E-state index contributed by atoms with van der Waals surface area (Å²) in [7, 11) is 0. The Morgan fingerprint density at radius 1 is 1.46 bits per heavy atom. The van der Waals surface area contributed by atoms with Crippen LogP contribution < -0.4 is 0 Å². The lowest BCUT2D eigenvalue weighted by Crippen LogP contribution is -2.11. The molecule has 0 N–H and O–H groups in total. The lowest BCUT2D eigenvalue weighted by Gasteiger charge is -2.21. The first kappa shape index (κ1) is 15.2. The van der Waals surface area contributed by atoms with Crippen LogP contribution in [0.15, 0.2) is 41.2 Å². The summed E-state index contributed by atoms with van der Waals surface area (Å²) in [5.74, 6) is 0.239. The van der Waals surface area contributed by atoms with Crippen LogP contribution in [0.3, 0.4) is 0 Å². The van der Waals surface area contributed by atoms with Crippen molar-refractivity contribution in [2.75, 3.05) is 6.61 Å². The summed E-state index contributed by atoms with van der Waals surface area (Å²) in [5.41, 5.74) is 6.22. The molecular formula is C20H22N2O2. The number of ether oxygens (including phenoxy) is 1. The van der Waals surface area contributed by atoms with Gasteiger partial charge in [-0.2, -0.15) is 0 Å². The first-order chi connectivity index (χ1) is 11.8. The molecule has 0 radical (unpaired) electrons. The molecule has 0 saturated heterocycles. The number of rotatable bonds is 4. The molecule has 2 aliphatic carbocycles. The van der Waals surface area contributed by atoms with Gasteiger partial charge in [0.2, 0.25) is 0 Å². The van der Waals surface area contributed by atoms with Gasteiger partial charge in [-0.15, -0.1) is 0 Å². The van der Waals surface area contributed by atoms with E-state index < -0.39 is 0 Å². The van der Waals surface area contributed by atoms with Crippen LogP contribution in [0.5, 0.6) is 0 Å². The Labute approximate surface area is 142 Å². The molecule has 24 heavy (non-hydrogen) atoms. The molecule has 4 rings (SSSR count). The highest BCUT2D eigenvalue weighted by Crippen LogP contribution is 2.37. The molecule has 0 spiro atoms. The number of fused-ring (bicyclic) bond motifs is 1. The zero-order valence-corrected chi connectivity index (χ0v) is 14.0. The van der Waals surface area contributed by atoms with Crippen molar-refractivity contribution in [3.8, 4) is 0 Å². The molecule has 3 aliphatic rings. The summed E-state index contributed by atoms with van der Waals surface area (Å²) in [6, 6.07) is 2.23. The monoisotopic (exact) mass is 322 g/mol. The van der Waals surface area contributed by atoms with Gasteiger partial charge in [0, 0.05) is 24.4 Å². The molecule has 124 valence electrons. The maximum absolute atomic E-state index is 11.6. The van der Waals surface area contributed by atoms with Crippen LogP contribution >= 0.6 is 0 Å². The summed E-state index contributed by atoms with van der Waals surface area (Å²) in [6.07, 6.45) is 15.2. The second-order valence-electron chi connectivity index (χ2n) is 6.51. The van der Waals surface area contributed by atoms with Crippen molar-refractivity contribution in [2.45, 2.75) is 39.0 Å². The molecule has 1 aromatic heterocycles. The highest BCUT2D eigenvalue weighted by atomic mass is 16.5. The van der Waals surface area contributed by atoms with E-state index in [0.717, 1.165) is 31.4 Å². The fourth-order valence-corrected chi connectivity index (χ4v) is 3.76. The second kappa shape index (κ2) is 6.27. The van der Waals surface area contributed by atoms with Crippen molar-refractivity contribution in [1.82, 2.24) is 4.57 Å². The maximum Gasteiger partial charge on any atom is 0.305 e. The lowest BCUT2D eigenvalue weighted by molar-refractivity contribution is -0.143. The standard InChI is InChI=1S/C20H22N2O2/c1-2-24-19(23)9-7-14-6-8-18-17(12-14)21-13-16-5-3-4-15-10-11-22(18)20(15)16/h5-6,8,10-11,13-14H,2-4,7,9,12H2,1H3. The van der Waals surface area contributed by atoms with Crippen LogP contribution in [0.4, 0.5) is 0 Å². The Kier molecular flexibility index (Phi) is 3.97.